The average molecular weight is 237 g/mol. The first-order valence-corrected chi connectivity index (χ1v) is 4.33. The van der Waals surface area contributed by atoms with Crippen LogP contribution < -0.4 is 0 Å². The van der Waals surface area contributed by atoms with Crippen LogP contribution in [0.4, 0.5) is 0 Å². The Morgan fingerprint density at radius 2 is 2.56 bits per heavy atom. The molecule has 0 amide bonds. The Morgan fingerprint density at radius 3 is 3.00 bits per heavy atom. The molecule has 0 saturated carbocycles. The summed E-state index contributed by atoms with van der Waals surface area (Å²) >= 11 is 2.28. The van der Waals surface area contributed by atoms with E-state index in [-0.39, 0.29) is 0 Å². The van der Waals surface area contributed by atoms with Crippen molar-refractivity contribution in [3.8, 4) is 0 Å². The third kappa shape index (κ3) is 1.41. The molecule has 1 rings (SSSR count). The first-order chi connectivity index (χ1) is 4.38. The van der Waals surface area contributed by atoms with Gasteiger partial charge in [0.2, 0.25) is 0 Å². The Hall–Kier alpha value is -0.130. The fourth-order valence-electron chi connectivity index (χ4n) is 0.656. The second-order valence-electron chi connectivity index (χ2n) is 1.63. The molecule has 0 unspecified atom stereocenters. The lowest BCUT2D eigenvalue weighted by Crippen LogP contribution is -2.00. The molecule has 0 aliphatic carbocycles. The van der Waals surface area contributed by atoms with Crippen molar-refractivity contribution < 1.29 is 0 Å². The van der Waals surface area contributed by atoms with Crippen LogP contribution in [0.2, 0.25) is 0 Å². The molecule has 0 fully saturated rings. The number of halogens is 1. The summed E-state index contributed by atoms with van der Waals surface area (Å²) in [5.74, 6) is 1.05. The van der Waals surface area contributed by atoms with Crippen molar-refractivity contribution in [2.75, 3.05) is 0 Å². The second-order valence-corrected chi connectivity index (χ2v) is 2.39. The third-order valence-corrected chi connectivity index (χ3v) is 1.80. The highest BCUT2D eigenvalue weighted by molar-refractivity contribution is 14.1. The monoisotopic (exact) mass is 237 g/mol. The van der Waals surface area contributed by atoms with Crippen LogP contribution in [0, 0.1) is 0 Å². The van der Waals surface area contributed by atoms with E-state index < -0.39 is 0 Å². The molecule has 3 nitrogen and oxygen atoms in total. The van der Waals surface area contributed by atoms with Gasteiger partial charge in [0.15, 0.2) is 0 Å². The number of nitrogens with zero attached hydrogens (tertiary/aromatic N) is 3. The van der Waals surface area contributed by atoms with E-state index in [2.05, 4.69) is 39.6 Å². The molecule has 4 heteroatoms. The minimum absolute atomic E-state index is 0.915. The van der Waals surface area contributed by atoms with Gasteiger partial charge in [-0.05, 0) is 6.92 Å². The maximum Gasteiger partial charge on any atom is 0.138 e. The van der Waals surface area contributed by atoms with Crippen LogP contribution in [0.5, 0.6) is 0 Å². The number of aromatic nitrogens is 3. The van der Waals surface area contributed by atoms with Crippen molar-refractivity contribution >= 4 is 22.6 Å². The van der Waals surface area contributed by atoms with Crippen LogP contribution in [0.15, 0.2) is 6.33 Å². The van der Waals surface area contributed by atoms with E-state index in [0.717, 1.165) is 16.8 Å². The molecule has 0 spiro atoms. The van der Waals surface area contributed by atoms with Crippen LogP contribution in [0.1, 0.15) is 12.7 Å². The standard InChI is InChI=1S/C5H8IN3/c1-2-9-5(3-6)7-4-8-9/h4H,2-3H2,1H3. The number of hydrogen-bond acceptors (Lipinski definition) is 2. The number of aryl methyl sites for hydroxylation is 1. The Labute approximate surface area is 67.6 Å². The highest BCUT2D eigenvalue weighted by Crippen LogP contribution is 1.99. The fourth-order valence-corrected chi connectivity index (χ4v) is 1.25. The molecular weight excluding hydrogens is 229 g/mol. The number of hydrogen-bond donors (Lipinski definition) is 0. The summed E-state index contributed by atoms with van der Waals surface area (Å²) in [4.78, 5) is 4.05. The van der Waals surface area contributed by atoms with Crippen LogP contribution in [-0.2, 0) is 11.0 Å². The van der Waals surface area contributed by atoms with Gasteiger partial charge in [-0.1, -0.05) is 22.6 Å². The largest absolute Gasteiger partial charge is 0.250 e. The van der Waals surface area contributed by atoms with Gasteiger partial charge in [-0.3, -0.25) is 0 Å². The van der Waals surface area contributed by atoms with E-state index in [1.165, 1.54) is 0 Å². The van der Waals surface area contributed by atoms with Gasteiger partial charge in [0.1, 0.15) is 12.2 Å². The van der Waals surface area contributed by atoms with E-state index >= 15 is 0 Å². The lowest BCUT2D eigenvalue weighted by atomic mass is 10.6. The maximum atomic E-state index is 4.05. The predicted octanol–water partition coefficient (Wildman–Crippen LogP) is 1.23. The molecule has 50 valence electrons. The molecule has 0 atom stereocenters. The lowest BCUT2D eigenvalue weighted by molar-refractivity contribution is 0.634. The number of alkyl halides is 1. The Balaban J connectivity index is 2.85. The lowest BCUT2D eigenvalue weighted by Gasteiger charge is -1.95. The molecule has 9 heavy (non-hydrogen) atoms. The van der Waals surface area contributed by atoms with Gasteiger partial charge in [-0.2, -0.15) is 5.10 Å². The van der Waals surface area contributed by atoms with Crippen molar-refractivity contribution in [1.29, 1.82) is 0 Å². The summed E-state index contributed by atoms with van der Waals surface area (Å²) in [6.07, 6.45) is 1.59. The topological polar surface area (TPSA) is 30.7 Å². The number of rotatable bonds is 2. The predicted molar refractivity (Wildman–Crippen MR) is 43.4 cm³/mol. The van der Waals surface area contributed by atoms with Crippen LogP contribution in [0.25, 0.3) is 0 Å². The van der Waals surface area contributed by atoms with E-state index in [1.807, 2.05) is 4.68 Å². The average Bonchev–Trinajstić information content (AvgIpc) is 2.33. The molecule has 0 aliphatic rings. The Kier molecular flexibility index (Phi) is 2.44. The first kappa shape index (κ1) is 6.98. The SMILES string of the molecule is CCn1ncnc1CI. The summed E-state index contributed by atoms with van der Waals surface area (Å²) in [5.41, 5.74) is 0. The van der Waals surface area contributed by atoms with Gasteiger partial charge >= 0.3 is 0 Å². The van der Waals surface area contributed by atoms with Crippen molar-refractivity contribution in [2.24, 2.45) is 0 Å². The van der Waals surface area contributed by atoms with E-state index in [9.17, 15) is 0 Å². The molecule has 0 bridgehead atoms. The minimum Gasteiger partial charge on any atom is -0.250 e. The van der Waals surface area contributed by atoms with Crippen molar-refractivity contribution in [3.05, 3.63) is 12.2 Å². The van der Waals surface area contributed by atoms with E-state index in [0.29, 0.717) is 0 Å². The zero-order valence-electron chi connectivity index (χ0n) is 5.21. The van der Waals surface area contributed by atoms with Gasteiger partial charge in [0, 0.05) is 6.54 Å². The van der Waals surface area contributed by atoms with Crippen molar-refractivity contribution in [2.45, 2.75) is 17.9 Å². The first-order valence-electron chi connectivity index (χ1n) is 2.81. The highest BCUT2D eigenvalue weighted by Gasteiger charge is 1.96. The normalized spacial score (nSPS) is 10.0. The Morgan fingerprint density at radius 1 is 1.78 bits per heavy atom. The third-order valence-electron chi connectivity index (χ3n) is 1.11. The van der Waals surface area contributed by atoms with E-state index in [1.54, 1.807) is 6.33 Å². The van der Waals surface area contributed by atoms with Gasteiger partial charge in [0.05, 0.1) is 4.43 Å². The van der Waals surface area contributed by atoms with Crippen LogP contribution in [-0.4, -0.2) is 14.8 Å². The van der Waals surface area contributed by atoms with Crippen LogP contribution in [0.3, 0.4) is 0 Å². The minimum atomic E-state index is 0.915. The van der Waals surface area contributed by atoms with Gasteiger partial charge in [-0.25, -0.2) is 9.67 Å². The van der Waals surface area contributed by atoms with Crippen LogP contribution >= 0.6 is 22.6 Å². The maximum absolute atomic E-state index is 4.05. The molecule has 1 heterocycles. The summed E-state index contributed by atoms with van der Waals surface area (Å²) in [7, 11) is 0. The fraction of sp³-hybridized carbons (Fsp3) is 0.600. The summed E-state index contributed by atoms with van der Waals surface area (Å²) < 4.78 is 2.83. The summed E-state index contributed by atoms with van der Waals surface area (Å²) in [6, 6.07) is 0. The van der Waals surface area contributed by atoms with Crippen molar-refractivity contribution in [1.82, 2.24) is 14.8 Å². The molecule has 0 saturated heterocycles. The van der Waals surface area contributed by atoms with Gasteiger partial charge in [-0.15, -0.1) is 0 Å². The molecule has 1 aromatic rings. The summed E-state index contributed by atoms with van der Waals surface area (Å²) in [6.45, 7) is 2.98. The smallest absolute Gasteiger partial charge is 0.138 e. The molecule has 1 aromatic heterocycles. The van der Waals surface area contributed by atoms with E-state index in [4.69, 9.17) is 0 Å². The van der Waals surface area contributed by atoms with Crippen molar-refractivity contribution in [3.63, 3.8) is 0 Å². The molecule has 0 aliphatic heterocycles. The Bertz CT molecular complexity index is 166. The highest BCUT2D eigenvalue weighted by atomic mass is 127. The summed E-state index contributed by atoms with van der Waals surface area (Å²) in [5, 5.41) is 4.01. The van der Waals surface area contributed by atoms with Gasteiger partial charge < -0.3 is 0 Å². The zero-order valence-corrected chi connectivity index (χ0v) is 7.37. The molecular formula is C5H8IN3. The quantitative estimate of drug-likeness (QED) is 0.572. The molecule has 0 N–H and O–H groups in total. The van der Waals surface area contributed by atoms with Gasteiger partial charge in [0.25, 0.3) is 0 Å². The molecule has 0 aromatic carbocycles. The zero-order chi connectivity index (χ0) is 6.69. The second kappa shape index (κ2) is 3.14. The molecule has 0 radical (unpaired) electrons.